The third-order valence-corrected chi connectivity index (χ3v) is 2.08. The molecule has 1 rings (SSSR count). The molecule has 0 aliphatic heterocycles. The molecule has 1 aromatic rings. The van der Waals surface area contributed by atoms with Crippen LogP contribution in [-0.2, 0) is 4.74 Å². The Kier molecular flexibility index (Phi) is 4.65. The topological polar surface area (TPSA) is 42.2 Å². The third kappa shape index (κ3) is 3.61. The summed E-state index contributed by atoms with van der Waals surface area (Å²) in [4.78, 5) is 0. The van der Waals surface area contributed by atoms with Gasteiger partial charge in [0, 0.05) is 20.1 Å². The second kappa shape index (κ2) is 6.05. The van der Waals surface area contributed by atoms with Crippen molar-refractivity contribution in [2.24, 2.45) is 0 Å². The summed E-state index contributed by atoms with van der Waals surface area (Å²) in [6.07, 6.45) is 0.871. The van der Waals surface area contributed by atoms with Gasteiger partial charge in [-0.2, -0.15) is 5.26 Å². The van der Waals surface area contributed by atoms with Crippen LogP contribution in [0.4, 0.5) is 0 Å². The summed E-state index contributed by atoms with van der Waals surface area (Å²) < 4.78 is 10.4. The molecule has 0 saturated heterocycles. The fourth-order valence-electron chi connectivity index (χ4n) is 1.24. The number of hydrogen-bond acceptors (Lipinski definition) is 3. The minimum atomic E-state index is 0.638. The van der Waals surface area contributed by atoms with E-state index in [2.05, 4.69) is 6.07 Å². The maximum Gasteiger partial charge on any atom is 0.119 e. The van der Waals surface area contributed by atoms with Crippen LogP contribution in [0.25, 0.3) is 0 Å². The molecule has 1 aromatic carbocycles. The largest absolute Gasteiger partial charge is 0.493 e. The van der Waals surface area contributed by atoms with Gasteiger partial charge >= 0.3 is 0 Å². The van der Waals surface area contributed by atoms with Crippen LogP contribution < -0.4 is 4.74 Å². The Labute approximate surface area is 90.2 Å². The molecule has 0 aliphatic carbocycles. The quantitative estimate of drug-likeness (QED) is 0.692. The van der Waals surface area contributed by atoms with Gasteiger partial charge in [0.2, 0.25) is 0 Å². The van der Waals surface area contributed by atoms with Crippen molar-refractivity contribution in [3.05, 3.63) is 29.3 Å². The van der Waals surface area contributed by atoms with Crippen LogP contribution in [0.2, 0.25) is 0 Å². The SMILES string of the molecule is COCCCOc1ccc(C#N)c(C)c1. The first-order chi connectivity index (χ1) is 7.27. The molecular weight excluding hydrogens is 190 g/mol. The van der Waals surface area contributed by atoms with Gasteiger partial charge in [0.25, 0.3) is 0 Å². The van der Waals surface area contributed by atoms with Crippen LogP contribution in [0.15, 0.2) is 18.2 Å². The zero-order valence-electron chi connectivity index (χ0n) is 9.12. The molecule has 3 heteroatoms. The second-order valence-electron chi connectivity index (χ2n) is 3.28. The van der Waals surface area contributed by atoms with E-state index < -0.39 is 0 Å². The van der Waals surface area contributed by atoms with Crippen molar-refractivity contribution in [2.45, 2.75) is 13.3 Å². The van der Waals surface area contributed by atoms with Gasteiger partial charge in [0.15, 0.2) is 0 Å². The number of ether oxygens (including phenoxy) is 2. The number of aryl methyl sites for hydroxylation is 1. The lowest BCUT2D eigenvalue weighted by molar-refractivity contribution is 0.172. The van der Waals surface area contributed by atoms with E-state index in [1.54, 1.807) is 13.2 Å². The molecular formula is C12H15NO2. The Balaban J connectivity index is 2.49. The smallest absolute Gasteiger partial charge is 0.119 e. The average Bonchev–Trinajstić information content (AvgIpc) is 2.25. The first-order valence-corrected chi connectivity index (χ1v) is 4.90. The molecule has 0 bridgehead atoms. The van der Waals surface area contributed by atoms with E-state index in [0.29, 0.717) is 18.8 Å². The summed E-state index contributed by atoms with van der Waals surface area (Å²) in [6.45, 7) is 3.25. The highest BCUT2D eigenvalue weighted by atomic mass is 16.5. The van der Waals surface area contributed by atoms with Gasteiger partial charge in [0.05, 0.1) is 18.2 Å². The maximum atomic E-state index is 8.75. The first-order valence-electron chi connectivity index (χ1n) is 4.90. The first kappa shape index (κ1) is 11.5. The van der Waals surface area contributed by atoms with Crippen LogP contribution >= 0.6 is 0 Å². The van der Waals surface area contributed by atoms with E-state index in [1.807, 2.05) is 19.1 Å². The maximum absolute atomic E-state index is 8.75. The van der Waals surface area contributed by atoms with Gasteiger partial charge in [-0.25, -0.2) is 0 Å². The van der Waals surface area contributed by atoms with Crippen LogP contribution in [0.1, 0.15) is 17.5 Å². The standard InChI is InChI=1S/C12H15NO2/c1-10-8-12(5-4-11(10)9-13)15-7-3-6-14-2/h4-5,8H,3,6-7H2,1-2H3. The highest BCUT2D eigenvalue weighted by Gasteiger charge is 1.99. The number of hydrogen-bond donors (Lipinski definition) is 0. The van der Waals surface area contributed by atoms with Crippen molar-refractivity contribution >= 4 is 0 Å². The molecule has 0 radical (unpaired) electrons. The van der Waals surface area contributed by atoms with Crippen molar-refractivity contribution in [2.75, 3.05) is 20.3 Å². The molecule has 0 unspecified atom stereocenters. The van der Waals surface area contributed by atoms with Gasteiger partial charge in [-0.3, -0.25) is 0 Å². The van der Waals surface area contributed by atoms with E-state index in [4.69, 9.17) is 14.7 Å². The predicted octanol–water partition coefficient (Wildman–Crippen LogP) is 2.28. The van der Waals surface area contributed by atoms with Crippen molar-refractivity contribution in [3.63, 3.8) is 0 Å². The lowest BCUT2D eigenvalue weighted by atomic mass is 10.1. The monoisotopic (exact) mass is 205 g/mol. The van der Waals surface area contributed by atoms with Crippen molar-refractivity contribution in [1.82, 2.24) is 0 Å². The summed E-state index contributed by atoms with van der Waals surface area (Å²) in [5.41, 5.74) is 1.64. The molecule has 0 aliphatic rings. The lowest BCUT2D eigenvalue weighted by Gasteiger charge is -2.06. The average molecular weight is 205 g/mol. The Hall–Kier alpha value is -1.53. The van der Waals surface area contributed by atoms with Gasteiger partial charge in [0.1, 0.15) is 5.75 Å². The lowest BCUT2D eigenvalue weighted by Crippen LogP contribution is -2.01. The third-order valence-electron chi connectivity index (χ3n) is 2.08. The molecule has 0 aromatic heterocycles. The fourth-order valence-corrected chi connectivity index (χ4v) is 1.24. The van der Waals surface area contributed by atoms with Crippen molar-refractivity contribution in [1.29, 1.82) is 5.26 Å². The number of nitrogens with zero attached hydrogens (tertiary/aromatic N) is 1. The summed E-state index contributed by atoms with van der Waals surface area (Å²) in [7, 11) is 1.67. The zero-order chi connectivity index (χ0) is 11.1. The van der Waals surface area contributed by atoms with Gasteiger partial charge in [-0.1, -0.05) is 0 Å². The molecule has 3 nitrogen and oxygen atoms in total. The minimum Gasteiger partial charge on any atom is -0.493 e. The normalized spacial score (nSPS) is 9.67. The number of rotatable bonds is 5. The molecule has 15 heavy (non-hydrogen) atoms. The molecule has 0 atom stereocenters. The molecule has 0 spiro atoms. The Morgan fingerprint density at radius 3 is 2.73 bits per heavy atom. The zero-order valence-corrected chi connectivity index (χ0v) is 9.12. The van der Waals surface area contributed by atoms with E-state index in [0.717, 1.165) is 17.7 Å². The van der Waals surface area contributed by atoms with Crippen LogP contribution in [0.5, 0.6) is 5.75 Å². The summed E-state index contributed by atoms with van der Waals surface area (Å²) in [5, 5.41) is 8.75. The van der Waals surface area contributed by atoms with Crippen molar-refractivity contribution in [3.8, 4) is 11.8 Å². The summed E-state index contributed by atoms with van der Waals surface area (Å²) in [6, 6.07) is 7.60. The van der Waals surface area contributed by atoms with E-state index in [9.17, 15) is 0 Å². The van der Waals surface area contributed by atoms with E-state index in [1.165, 1.54) is 0 Å². The molecule has 0 fully saturated rings. The fraction of sp³-hybridized carbons (Fsp3) is 0.417. The Morgan fingerprint density at radius 1 is 1.33 bits per heavy atom. The number of methoxy groups -OCH3 is 1. The van der Waals surface area contributed by atoms with Gasteiger partial charge in [-0.05, 0) is 30.7 Å². The van der Waals surface area contributed by atoms with E-state index in [-0.39, 0.29) is 0 Å². The highest BCUT2D eigenvalue weighted by molar-refractivity contribution is 5.41. The molecule has 0 saturated carbocycles. The van der Waals surface area contributed by atoms with Crippen molar-refractivity contribution < 1.29 is 9.47 Å². The van der Waals surface area contributed by atoms with Crippen LogP contribution in [0, 0.1) is 18.3 Å². The number of benzene rings is 1. The molecule has 0 N–H and O–H groups in total. The predicted molar refractivity (Wildman–Crippen MR) is 57.9 cm³/mol. The van der Waals surface area contributed by atoms with Crippen LogP contribution in [-0.4, -0.2) is 20.3 Å². The number of nitriles is 1. The van der Waals surface area contributed by atoms with E-state index >= 15 is 0 Å². The van der Waals surface area contributed by atoms with Gasteiger partial charge < -0.3 is 9.47 Å². The summed E-state index contributed by atoms with van der Waals surface area (Å²) in [5.74, 6) is 0.808. The molecule has 80 valence electrons. The highest BCUT2D eigenvalue weighted by Crippen LogP contribution is 2.16. The summed E-state index contributed by atoms with van der Waals surface area (Å²) >= 11 is 0. The Bertz CT molecular complexity index is 355. The molecule has 0 heterocycles. The second-order valence-corrected chi connectivity index (χ2v) is 3.28. The molecule has 0 amide bonds. The minimum absolute atomic E-state index is 0.638. The van der Waals surface area contributed by atoms with Gasteiger partial charge in [-0.15, -0.1) is 0 Å². The Morgan fingerprint density at radius 2 is 2.13 bits per heavy atom. The van der Waals surface area contributed by atoms with Crippen LogP contribution in [0.3, 0.4) is 0 Å².